The summed E-state index contributed by atoms with van der Waals surface area (Å²) in [6.07, 6.45) is 0. The van der Waals surface area contributed by atoms with Gasteiger partial charge in [-0.3, -0.25) is 4.79 Å². The molecule has 1 aromatic heterocycles. The van der Waals surface area contributed by atoms with Gasteiger partial charge < -0.3 is 5.32 Å². The molecule has 0 bridgehead atoms. The van der Waals surface area contributed by atoms with Crippen LogP contribution in [0.15, 0.2) is 16.8 Å². The second-order valence-corrected chi connectivity index (χ2v) is 4.28. The number of Topliss-reactive ketones (excluding diaryl/α,β-unsaturated/α-hetero) is 1. The van der Waals surface area contributed by atoms with Crippen molar-refractivity contribution in [1.29, 1.82) is 0 Å². The second kappa shape index (κ2) is 4.03. The molecule has 0 saturated carbocycles. The van der Waals surface area contributed by atoms with E-state index in [0.29, 0.717) is 0 Å². The average Bonchev–Trinajstić information content (AvgIpc) is 2.54. The minimum absolute atomic E-state index is 0.163. The smallest absolute Gasteiger partial charge is 0.183 e. The van der Waals surface area contributed by atoms with E-state index >= 15 is 0 Å². The van der Waals surface area contributed by atoms with Crippen LogP contribution in [0.2, 0.25) is 0 Å². The first-order chi connectivity index (χ1) is 6.08. The number of carbonyl (C=O) groups is 1. The van der Waals surface area contributed by atoms with E-state index in [0.717, 1.165) is 12.1 Å². The Balaban J connectivity index is 2.78. The highest BCUT2D eigenvalue weighted by atomic mass is 32.1. The Hall–Kier alpha value is -0.670. The van der Waals surface area contributed by atoms with Gasteiger partial charge in [0.25, 0.3) is 0 Å². The Labute approximate surface area is 83.0 Å². The van der Waals surface area contributed by atoms with E-state index in [1.807, 2.05) is 37.6 Å². The zero-order chi connectivity index (χ0) is 9.90. The fraction of sp³-hybridized carbons (Fsp3) is 0.500. The van der Waals surface area contributed by atoms with Gasteiger partial charge in [0.05, 0.1) is 5.54 Å². The normalized spacial score (nSPS) is 11.6. The molecular weight excluding hydrogens is 182 g/mol. The third-order valence-electron chi connectivity index (χ3n) is 1.97. The largest absolute Gasteiger partial charge is 0.305 e. The van der Waals surface area contributed by atoms with Crippen molar-refractivity contribution in [3.63, 3.8) is 0 Å². The van der Waals surface area contributed by atoms with Crippen LogP contribution in [0.1, 0.15) is 31.1 Å². The van der Waals surface area contributed by atoms with Gasteiger partial charge in [0.2, 0.25) is 0 Å². The van der Waals surface area contributed by atoms with E-state index in [2.05, 4.69) is 5.32 Å². The van der Waals surface area contributed by atoms with Crippen molar-refractivity contribution in [3.05, 3.63) is 22.4 Å². The van der Waals surface area contributed by atoms with Gasteiger partial charge in [-0.15, -0.1) is 0 Å². The maximum absolute atomic E-state index is 11.9. The fourth-order valence-corrected chi connectivity index (χ4v) is 1.91. The van der Waals surface area contributed by atoms with Crippen LogP contribution >= 0.6 is 11.3 Å². The molecule has 0 aliphatic carbocycles. The zero-order valence-electron chi connectivity index (χ0n) is 8.26. The van der Waals surface area contributed by atoms with Crippen LogP contribution in [0, 0.1) is 0 Å². The number of thiophene rings is 1. The summed E-state index contributed by atoms with van der Waals surface area (Å²) in [5.74, 6) is 0.163. The molecule has 0 radical (unpaired) electrons. The van der Waals surface area contributed by atoms with Crippen molar-refractivity contribution in [2.75, 3.05) is 6.54 Å². The van der Waals surface area contributed by atoms with Gasteiger partial charge >= 0.3 is 0 Å². The van der Waals surface area contributed by atoms with Crippen molar-refractivity contribution in [3.8, 4) is 0 Å². The van der Waals surface area contributed by atoms with Crippen molar-refractivity contribution in [2.45, 2.75) is 26.3 Å². The number of hydrogen-bond acceptors (Lipinski definition) is 3. The summed E-state index contributed by atoms with van der Waals surface area (Å²) in [5.41, 5.74) is 0.353. The highest BCUT2D eigenvalue weighted by molar-refractivity contribution is 7.08. The fourth-order valence-electron chi connectivity index (χ4n) is 1.28. The summed E-state index contributed by atoms with van der Waals surface area (Å²) in [6.45, 7) is 6.64. The van der Waals surface area contributed by atoms with Crippen LogP contribution in [0.5, 0.6) is 0 Å². The summed E-state index contributed by atoms with van der Waals surface area (Å²) >= 11 is 1.55. The third kappa shape index (κ3) is 2.39. The van der Waals surface area contributed by atoms with Gasteiger partial charge in [0, 0.05) is 10.9 Å². The SMILES string of the molecule is CCNC(C)(C)C(=O)c1ccsc1. The first kappa shape index (κ1) is 10.4. The van der Waals surface area contributed by atoms with E-state index in [-0.39, 0.29) is 5.78 Å². The van der Waals surface area contributed by atoms with Gasteiger partial charge in [-0.1, -0.05) is 6.92 Å². The highest BCUT2D eigenvalue weighted by Gasteiger charge is 2.27. The second-order valence-electron chi connectivity index (χ2n) is 3.50. The Kier molecular flexibility index (Phi) is 3.22. The van der Waals surface area contributed by atoms with Crippen molar-refractivity contribution in [2.24, 2.45) is 0 Å². The predicted octanol–water partition coefficient (Wildman–Crippen LogP) is 2.32. The number of nitrogens with one attached hydrogen (secondary N) is 1. The third-order valence-corrected chi connectivity index (χ3v) is 2.65. The lowest BCUT2D eigenvalue weighted by atomic mass is 9.95. The molecule has 0 amide bonds. The average molecular weight is 197 g/mol. The molecule has 13 heavy (non-hydrogen) atoms. The summed E-state index contributed by atoms with van der Waals surface area (Å²) in [7, 11) is 0. The first-order valence-corrected chi connectivity index (χ1v) is 5.34. The lowest BCUT2D eigenvalue weighted by Gasteiger charge is -2.23. The van der Waals surface area contributed by atoms with Crippen LogP contribution in [-0.2, 0) is 0 Å². The van der Waals surface area contributed by atoms with Crippen molar-refractivity contribution >= 4 is 17.1 Å². The number of rotatable bonds is 4. The van der Waals surface area contributed by atoms with Gasteiger partial charge in [0.15, 0.2) is 5.78 Å². The lowest BCUT2D eigenvalue weighted by molar-refractivity contribution is 0.0884. The van der Waals surface area contributed by atoms with Crippen LogP contribution in [0.3, 0.4) is 0 Å². The van der Waals surface area contributed by atoms with E-state index in [4.69, 9.17) is 0 Å². The van der Waals surface area contributed by atoms with Crippen LogP contribution in [-0.4, -0.2) is 17.9 Å². The summed E-state index contributed by atoms with van der Waals surface area (Å²) in [4.78, 5) is 11.9. The topological polar surface area (TPSA) is 29.1 Å². The van der Waals surface area contributed by atoms with Gasteiger partial charge in [-0.05, 0) is 31.8 Å². The molecule has 0 aliphatic heterocycles. The zero-order valence-corrected chi connectivity index (χ0v) is 9.07. The van der Waals surface area contributed by atoms with Crippen LogP contribution < -0.4 is 5.32 Å². The Morgan fingerprint density at radius 2 is 2.31 bits per heavy atom. The summed E-state index contributed by atoms with van der Waals surface area (Å²) in [6, 6.07) is 1.87. The van der Waals surface area contributed by atoms with Crippen LogP contribution in [0.25, 0.3) is 0 Å². The Morgan fingerprint density at radius 3 is 2.77 bits per heavy atom. The van der Waals surface area contributed by atoms with Crippen molar-refractivity contribution in [1.82, 2.24) is 5.32 Å². The predicted molar refractivity (Wildman–Crippen MR) is 56.4 cm³/mol. The van der Waals surface area contributed by atoms with E-state index in [9.17, 15) is 4.79 Å². The van der Waals surface area contributed by atoms with Gasteiger partial charge in [-0.25, -0.2) is 0 Å². The first-order valence-electron chi connectivity index (χ1n) is 4.40. The van der Waals surface area contributed by atoms with E-state index in [1.165, 1.54) is 0 Å². The maximum atomic E-state index is 11.9. The molecule has 1 aromatic rings. The monoisotopic (exact) mass is 197 g/mol. The van der Waals surface area contributed by atoms with Crippen molar-refractivity contribution < 1.29 is 4.79 Å². The molecule has 0 spiro atoms. The minimum atomic E-state index is -0.449. The number of hydrogen-bond donors (Lipinski definition) is 1. The standard InChI is InChI=1S/C10H15NOS/c1-4-11-10(2,3)9(12)8-5-6-13-7-8/h5-7,11H,4H2,1-3H3. The molecule has 0 saturated heterocycles. The molecule has 0 unspecified atom stereocenters. The molecule has 0 atom stereocenters. The number of ketones is 1. The number of likely N-dealkylation sites (N-methyl/N-ethyl adjacent to an activating group) is 1. The molecule has 72 valence electrons. The van der Waals surface area contributed by atoms with Gasteiger partial charge in [-0.2, -0.15) is 11.3 Å². The summed E-state index contributed by atoms with van der Waals surface area (Å²) in [5, 5.41) is 6.98. The molecule has 1 rings (SSSR count). The molecule has 0 aliphatic rings. The summed E-state index contributed by atoms with van der Waals surface area (Å²) < 4.78 is 0. The van der Waals surface area contributed by atoms with Crippen LogP contribution in [0.4, 0.5) is 0 Å². The molecule has 3 heteroatoms. The molecular formula is C10H15NOS. The molecule has 1 N–H and O–H groups in total. The minimum Gasteiger partial charge on any atom is -0.305 e. The Morgan fingerprint density at radius 1 is 1.62 bits per heavy atom. The number of carbonyl (C=O) groups excluding carboxylic acids is 1. The molecule has 2 nitrogen and oxygen atoms in total. The van der Waals surface area contributed by atoms with Gasteiger partial charge in [0.1, 0.15) is 0 Å². The quantitative estimate of drug-likeness (QED) is 0.750. The highest BCUT2D eigenvalue weighted by Crippen LogP contribution is 2.15. The lowest BCUT2D eigenvalue weighted by Crippen LogP contribution is -2.46. The molecule has 0 aromatic carbocycles. The Bertz CT molecular complexity index is 277. The maximum Gasteiger partial charge on any atom is 0.183 e. The molecule has 0 fully saturated rings. The van der Waals surface area contributed by atoms with E-state index < -0.39 is 5.54 Å². The van der Waals surface area contributed by atoms with E-state index in [1.54, 1.807) is 11.3 Å². The molecule has 1 heterocycles.